The van der Waals surface area contributed by atoms with Crippen LogP contribution in [0.5, 0.6) is 0 Å². The van der Waals surface area contributed by atoms with Gasteiger partial charge in [0, 0.05) is 13.2 Å². The van der Waals surface area contributed by atoms with Gasteiger partial charge in [0.1, 0.15) is 0 Å². The topological polar surface area (TPSA) is 59.0 Å². The lowest BCUT2D eigenvalue weighted by molar-refractivity contribution is 0.0783. The van der Waals surface area contributed by atoms with Gasteiger partial charge in [-0.2, -0.15) is 0 Å². The van der Waals surface area contributed by atoms with Gasteiger partial charge in [-0.3, -0.25) is 9.78 Å². The van der Waals surface area contributed by atoms with Crippen molar-refractivity contribution in [1.29, 1.82) is 0 Å². The van der Waals surface area contributed by atoms with Crippen molar-refractivity contribution in [3.05, 3.63) is 52.0 Å². The summed E-state index contributed by atoms with van der Waals surface area (Å²) in [4.78, 5) is 17.9. The first-order valence-electron chi connectivity index (χ1n) is 5.42. The number of rotatable bonds is 3. The van der Waals surface area contributed by atoms with Crippen LogP contribution in [0.25, 0.3) is 0 Å². The Morgan fingerprint density at radius 1 is 1.32 bits per heavy atom. The third kappa shape index (κ3) is 3.39. The summed E-state index contributed by atoms with van der Waals surface area (Å²) in [6.07, 6.45) is 1.67. The normalized spacial score (nSPS) is 10.3. The second kappa shape index (κ2) is 5.95. The van der Waals surface area contributed by atoms with E-state index in [0.29, 0.717) is 6.54 Å². The highest BCUT2D eigenvalue weighted by atomic mass is 35.5. The molecule has 0 radical (unpaired) electrons. The van der Waals surface area contributed by atoms with Crippen LogP contribution < -0.4 is 0 Å². The summed E-state index contributed by atoms with van der Waals surface area (Å²) in [6.45, 7) is 0.371. The average Bonchev–Trinajstić information content (AvgIpc) is 2.42. The van der Waals surface area contributed by atoms with Crippen molar-refractivity contribution in [1.82, 2.24) is 20.1 Å². The summed E-state index contributed by atoms with van der Waals surface area (Å²) in [7, 11) is 1.65. The summed E-state index contributed by atoms with van der Waals surface area (Å²) in [5.41, 5.74) is 1.00. The SMILES string of the molecule is CN(Cc1ccccn1)C(=O)c1cc(Cl)nnc1Cl. The molecule has 2 aromatic rings. The number of pyridine rings is 1. The first-order chi connectivity index (χ1) is 9.08. The molecular weight excluding hydrogens is 287 g/mol. The van der Waals surface area contributed by atoms with Crippen LogP contribution in [0.2, 0.25) is 10.3 Å². The molecule has 0 aromatic carbocycles. The Kier molecular flexibility index (Phi) is 4.29. The maximum absolute atomic E-state index is 12.2. The molecular formula is C12H10Cl2N4O. The zero-order valence-corrected chi connectivity index (χ0v) is 11.6. The summed E-state index contributed by atoms with van der Waals surface area (Å²) in [5, 5.41) is 7.33. The molecule has 0 spiro atoms. The fraction of sp³-hybridized carbons (Fsp3) is 0.167. The van der Waals surface area contributed by atoms with Gasteiger partial charge in [-0.1, -0.05) is 29.3 Å². The van der Waals surface area contributed by atoms with Crippen LogP contribution >= 0.6 is 23.2 Å². The van der Waals surface area contributed by atoms with Gasteiger partial charge < -0.3 is 4.90 Å². The number of hydrogen-bond donors (Lipinski definition) is 0. The van der Waals surface area contributed by atoms with E-state index in [0.717, 1.165) is 5.69 Å². The summed E-state index contributed by atoms with van der Waals surface area (Å²) >= 11 is 11.6. The Labute approximate surface area is 120 Å². The van der Waals surface area contributed by atoms with E-state index in [2.05, 4.69) is 15.2 Å². The molecule has 0 bridgehead atoms. The van der Waals surface area contributed by atoms with Crippen molar-refractivity contribution >= 4 is 29.1 Å². The van der Waals surface area contributed by atoms with Gasteiger partial charge >= 0.3 is 0 Å². The van der Waals surface area contributed by atoms with Gasteiger partial charge in [0.2, 0.25) is 0 Å². The highest BCUT2D eigenvalue weighted by Crippen LogP contribution is 2.17. The van der Waals surface area contributed by atoms with Crippen molar-refractivity contribution in [3.8, 4) is 0 Å². The van der Waals surface area contributed by atoms with E-state index in [4.69, 9.17) is 23.2 Å². The standard InChI is InChI=1S/C12H10Cl2N4O/c1-18(7-8-4-2-3-5-15-8)12(19)9-6-10(13)16-17-11(9)14/h2-6H,7H2,1H3. The molecule has 0 N–H and O–H groups in total. The van der Waals surface area contributed by atoms with E-state index in [1.54, 1.807) is 13.2 Å². The lowest BCUT2D eigenvalue weighted by Gasteiger charge is -2.17. The predicted molar refractivity (Wildman–Crippen MR) is 72.1 cm³/mol. The van der Waals surface area contributed by atoms with E-state index in [-0.39, 0.29) is 21.8 Å². The second-order valence-corrected chi connectivity index (χ2v) is 4.60. The lowest BCUT2D eigenvalue weighted by Crippen LogP contribution is -2.27. The molecule has 98 valence electrons. The average molecular weight is 297 g/mol. The summed E-state index contributed by atoms with van der Waals surface area (Å²) in [6, 6.07) is 6.91. The molecule has 2 aromatic heterocycles. The number of aromatic nitrogens is 3. The van der Waals surface area contributed by atoms with Gasteiger partial charge in [0.25, 0.3) is 5.91 Å². The lowest BCUT2D eigenvalue weighted by atomic mass is 10.2. The minimum absolute atomic E-state index is 0.0299. The molecule has 0 unspecified atom stereocenters. The quantitative estimate of drug-likeness (QED) is 0.873. The number of carbonyl (C=O) groups excluding carboxylic acids is 1. The first kappa shape index (κ1) is 13.7. The third-order valence-electron chi connectivity index (χ3n) is 2.42. The number of hydrogen-bond acceptors (Lipinski definition) is 4. The highest BCUT2D eigenvalue weighted by molar-refractivity contribution is 6.34. The Bertz CT molecular complexity index is 592. The molecule has 5 nitrogen and oxygen atoms in total. The number of halogens is 2. The van der Waals surface area contributed by atoms with Crippen LogP contribution in [0.1, 0.15) is 16.1 Å². The predicted octanol–water partition coefficient (Wildman–Crippen LogP) is 2.45. The largest absolute Gasteiger partial charge is 0.336 e. The maximum atomic E-state index is 12.2. The Morgan fingerprint density at radius 2 is 2.11 bits per heavy atom. The molecule has 0 saturated carbocycles. The van der Waals surface area contributed by atoms with Crippen molar-refractivity contribution in [3.63, 3.8) is 0 Å². The molecule has 7 heteroatoms. The fourth-order valence-electron chi connectivity index (χ4n) is 1.52. The van der Waals surface area contributed by atoms with E-state index < -0.39 is 0 Å². The summed E-state index contributed by atoms with van der Waals surface area (Å²) in [5.74, 6) is -0.285. The van der Waals surface area contributed by atoms with Gasteiger partial charge in [0.05, 0.1) is 17.8 Å². The Morgan fingerprint density at radius 3 is 2.79 bits per heavy atom. The van der Waals surface area contributed by atoms with Gasteiger partial charge in [-0.25, -0.2) is 0 Å². The molecule has 0 atom stereocenters. The van der Waals surface area contributed by atoms with Crippen LogP contribution in [0.4, 0.5) is 0 Å². The monoisotopic (exact) mass is 296 g/mol. The van der Waals surface area contributed by atoms with E-state index in [1.165, 1.54) is 11.0 Å². The Hall–Kier alpha value is -1.72. The van der Waals surface area contributed by atoms with Crippen molar-refractivity contribution in [2.45, 2.75) is 6.54 Å². The van der Waals surface area contributed by atoms with Crippen LogP contribution in [0, 0.1) is 0 Å². The van der Waals surface area contributed by atoms with Crippen molar-refractivity contribution < 1.29 is 4.79 Å². The van der Waals surface area contributed by atoms with Crippen LogP contribution in [-0.4, -0.2) is 33.0 Å². The van der Waals surface area contributed by atoms with Crippen molar-refractivity contribution in [2.24, 2.45) is 0 Å². The molecule has 2 heterocycles. The number of nitrogens with zero attached hydrogens (tertiary/aromatic N) is 4. The van der Waals surface area contributed by atoms with E-state index in [9.17, 15) is 4.79 Å². The van der Waals surface area contributed by atoms with E-state index >= 15 is 0 Å². The maximum Gasteiger partial charge on any atom is 0.257 e. The molecule has 2 rings (SSSR count). The molecule has 19 heavy (non-hydrogen) atoms. The van der Waals surface area contributed by atoms with Gasteiger partial charge in [-0.05, 0) is 18.2 Å². The van der Waals surface area contributed by atoms with Crippen LogP contribution in [-0.2, 0) is 6.54 Å². The molecule has 1 amide bonds. The van der Waals surface area contributed by atoms with Gasteiger partial charge in [0.15, 0.2) is 10.3 Å². The summed E-state index contributed by atoms with van der Waals surface area (Å²) < 4.78 is 0. The minimum atomic E-state index is -0.285. The fourth-order valence-corrected chi connectivity index (χ4v) is 1.84. The molecule has 0 saturated heterocycles. The van der Waals surface area contributed by atoms with E-state index in [1.807, 2.05) is 18.2 Å². The number of amides is 1. The Balaban J connectivity index is 2.17. The molecule has 0 aliphatic heterocycles. The van der Waals surface area contributed by atoms with Crippen LogP contribution in [0.15, 0.2) is 30.5 Å². The van der Waals surface area contributed by atoms with Crippen molar-refractivity contribution in [2.75, 3.05) is 7.05 Å². The van der Waals surface area contributed by atoms with Gasteiger partial charge in [-0.15, -0.1) is 10.2 Å². The third-order valence-corrected chi connectivity index (χ3v) is 2.89. The second-order valence-electron chi connectivity index (χ2n) is 3.85. The zero-order chi connectivity index (χ0) is 13.8. The zero-order valence-electron chi connectivity index (χ0n) is 10.0. The molecule has 0 fully saturated rings. The highest BCUT2D eigenvalue weighted by Gasteiger charge is 2.17. The molecule has 0 aliphatic rings. The molecule has 0 aliphatic carbocycles. The number of carbonyl (C=O) groups is 1. The minimum Gasteiger partial charge on any atom is -0.336 e. The first-order valence-corrected chi connectivity index (χ1v) is 6.17. The smallest absolute Gasteiger partial charge is 0.257 e. The van der Waals surface area contributed by atoms with Crippen LogP contribution in [0.3, 0.4) is 0 Å².